The molecular formula is C24H26F3N3O2. The number of halogens is 3. The summed E-state index contributed by atoms with van der Waals surface area (Å²) < 4.78 is 38.2. The van der Waals surface area contributed by atoms with Gasteiger partial charge in [-0.1, -0.05) is 12.1 Å². The smallest absolute Gasteiger partial charge is 0.370 e. The second kappa shape index (κ2) is 9.22. The molecule has 0 atom stereocenters. The van der Waals surface area contributed by atoms with E-state index < -0.39 is 11.7 Å². The number of rotatable bonds is 4. The zero-order valence-corrected chi connectivity index (χ0v) is 17.7. The number of nitrogens with zero attached hydrogens (tertiary/aromatic N) is 2. The molecule has 0 bridgehead atoms. The van der Waals surface area contributed by atoms with Crippen LogP contribution in [0.15, 0.2) is 48.5 Å². The molecule has 170 valence electrons. The van der Waals surface area contributed by atoms with Crippen LogP contribution in [0.2, 0.25) is 0 Å². The fourth-order valence-corrected chi connectivity index (χ4v) is 4.38. The van der Waals surface area contributed by atoms with Gasteiger partial charge in [-0.05, 0) is 62.1 Å². The minimum atomic E-state index is -4.43. The van der Waals surface area contributed by atoms with Gasteiger partial charge in [0.25, 0.3) is 5.91 Å². The van der Waals surface area contributed by atoms with Crippen molar-refractivity contribution in [1.29, 1.82) is 0 Å². The maximum Gasteiger partial charge on any atom is 0.416 e. The number of likely N-dealkylation sites (tertiary alicyclic amines) is 1. The van der Waals surface area contributed by atoms with Gasteiger partial charge in [0, 0.05) is 37.7 Å². The molecule has 2 amide bonds. The van der Waals surface area contributed by atoms with E-state index in [9.17, 15) is 22.8 Å². The Bertz CT molecular complexity index is 961. The SMILES string of the molecule is O=C(Nc1ccccc1N1CCCC1)C1CCN(C(=O)c2ccc(C(F)(F)F)cc2)CC1. The maximum atomic E-state index is 12.9. The van der Waals surface area contributed by atoms with E-state index >= 15 is 0 Å². The van der Waals surface area contributed by atoms with Gasteiger partial charge >= 0.3 is 6.18 Å². The number of benzene rings is 2. The van der Waals surface area contributed by atoms with Crippen molar-refractivity contribution in [2.24, 2.45) is 5.92 Å². The van der Waals surface area contributed by atoms with Crippen molar-refractivity contribution in [3.05, 3.63) is 59.7 Å². The lowest BCUT2D eigenvalue weighted by atomic mass is 9.95. The summed E-state index contributed by atoms with van der Waals surface area (Å²) in [5, 5.41) is 3.06. The highest BCUT2D eigenvalue weighted by Crippen LogP contribution is 2.31. The number of hydrogen-bond acceptors (Lipinski definition) is 3. The Morgan fingerprint density at radius 1 is 0.875 bits per heavy atom. The molecule has 0 aromatic heterocycles. The van der Waals surface area contributed by atoms with E-state index in [2.05, 4.69) is 10.2 Å². The van der Waals surface area contributed by atoms with Gasteiger partial charge in [0.2, 0.25) is 5.91 Å². The zero-order valence-electron chi connectivity index (χ0n) is 17.7. The monoisotopic (exact) mass is 445 g/mol. The Balaban J connectivity index is 1.34. The Morgan fingerprint density at radius 2 is 1.50 bits per heavy atom. The number of carbonyl (C=O) groups is 2. The van der Waals surface area contributed by atoms with Gasteiger partial charge in [-0.3, -0.25) is 9.59 Å². The molecule has 0 spiro atoms. The third kappa shape index (κ3) is 4.89. The molecule has 0 radical (unpaired) electrons. The third-order valence-electron chi connectivity index (χ3n) is 6.22. The first-order valence-electron chi connectivity index (χ1n) is 10.9. The largest absolute Gasteiger partial charge is 0.416 e. The number of piperidine rings is 1. The molecule has 1 N–H and O–H groups in total. The molecule has 2 heterocycles. The van der Waals surface area contributed by atoms with Crippen molar-refractivity contribution in [3.8, 4) is 0 Å². The van der Waals surface area contributed by atoms with E-state index in [4.69, 9.17) is 0 Å². The van der Waals surface area contributed by atoms with Crippen LogP contribution in [0.3, 0.4) is 0 Å². The Morgan fingerprint density at radius 3 is 2.12 bits per heavy atom. The van der Waals surface area contributed by atoms with Crippen LogP contribution < -0.4 is 10.2 Å². The summed E-state index contributed by atoms with van der Waals surface area (Å²) in [6.07, 6.45) is -1.10. The van der Waals surface area contributed by atoms with Gasteiger partial charge < -0.3 is 15.1 Å². The second-order valence-corrected chi connectivity index (χ2v) is 8.34. The van der Waals surface area contributed by atoms with Gasteiger partial charge in [0.05, 0.1) is 16.9 Å². The van der Waals surface area contributed by atoms with E-state index in [-0.39, 0.29) is 23.3 Å². The quantitative estimate of drug-likeness (QED) is 0.736. The summed E-state index contributed by atoms with van der Waals surface area (Å²) in [6.45, 7) is 2.76. The second-order valence-electron chi connectivity index (χ2n) is 8.34. The average Bonchev–Trinajstić information content (AvgIpc) is 3.33. The number of hydrogen-bond donors (Lipinski definition) is 1. The van der Waals surface area contributed by atoms with Gasteiger partial charge in [0.15, 0.2) is 0 Å². The van der Waals surface area contributed by atoms with Crippen LogP contribution in [-0.2, 0) is 11.0 Å². The average molecular weight is 445 g/mol. The highest BCUT2D eigenvalue weighted by Gasteiger charge is 2.31. The van der Waals surface area contributed by atoms with Crippen LogP contribution in [0, 0.1) is 5.92 Å². The first kappa shape index (κ1) is 22.2. The number of amides is 2. The van der Waals surface area contributed by atoms with Crippen LogP contribution in [0.4, 0.5) is 24.5 Å². The molecule has 5 nitrogen and oxygen atoms in total. The van der Waals surface area contributed by atoms with E-state index in [1.165, 1.54) is 12.1 Å². The molecule has 0 saturated carbocycles. The van der Waals surface area contributed by atoms with Crippen molar-refractivity contribution >= 4 is 23.2 Å². The summed E-state index contributed by atoms with van der Waals surface area (Å²) in [4.78, 5) is 29.4. The number of nitrogens with one attached hydrogen (secondary N) is 1. The summed E-state index contributed by atoms with van der Waals surface area (Å²) in [5.74, 6) is -0.575. The number of carbonyl (C=O) groups excluding carboxylic acids is 2. The number of para-hydroxylation sites is 2. The van der Waals surface area contributed by atoms with Gasteiger partial charge in [0.1, 0.15) is 0 Å². The molecular weight excluding hydrogens is 419 g/mol. The molecule has 0 aliphatic carbocycles. The minimum Gasteiger partial charge on any atom is -0.370 e. The molecule has 32 heavy (non-hydrogen) atoms. The van der Waals surface area contributed by atoms with Crippen molar-refractivity contribution in [2.75, 3.05) is 36.4 Å². The third-order valence-corrected chi connectivity index (χ3v) is 6.22. The predicted octanol–water partition coefficient (Wildman–Crippen LogP) is 4.80. The highest BCUT2D eigenvalue weighted by atomic mass is 19.4. The molecule has 2 aromatic carbocycles. The van der Waals surface area contributed by atoms with E-state index in [0.29, 0.717) is 25.9 Å². The molecule has 2 aromatic rings. The molecule has 8 heteroatoms. The normalized spacial score (nSPS) is 17.5. The summed E-state index contributed by atoms with van der Waals surface area (Å²) in [7, 11) is 0. The van der Waals surface area contributed by atoms with E-state index in [0.717, 1.165) is 49.4 Å². The van der Waals surface area contributed by atoms with Crippen LogP contribution in [0.25, 0.3) is 0 Å². The molecule has 0 unspecified atom stereocenters. The topological polar surface area (TPSA) is 52.7 Å². The van der Waals surface area contributed by atoms with Crippen LogP contribution in [0.5, 0.6) is 0 Å². The fraction of sp³-hybridized carbons (Fsp3) is 0.417. The molecule has 2 aliphatic heterocycles. The number of alkyl halides is 3. The van der Waals surface area contributed by atoms with Crippen molar-refractivity contribution < 1.29 is 22.8 Å². The van der Waals surface area contributed by atoms with E-state index in [1.54, 1.807) is 4.90 Å². The summed E-state index contributed by atoms with van der Waals surface area (Å²) in [5.41, 5.74) is 1.29. The van der Waals surface area contributed by atoms with Crippen LogP contribution in [-0.4, -0.2) is 42.9 Å². The Hall–Kier alpha value is -3.03. The lowest BCUT2D eigenvalue weighted by Crippen LogP contribution is -2.41. The fourth-order valence-electron chi connectivity index (χ4n) is 4.38. The first-order valence-corrected chi connectivity index (χ1v) is 10.9. The molecule has 2 fully saturated rings. The molecule has 4 rings (SSSR count). The Labute approximate surface area is 185 Å². The van der Waals surface area contributed by atoms with Crippen molar-refractivity contribution in [3.63, 3.8) is 0 Å². The van der Waals surface area contributed by atoms with Crippen molar-refractivity contribution in [1.82, 2.24) is 4.90 Å². The number of anilines is 2. The first-order chi connectivity index (χ1) is 15.3. The molecule has 2 saturated heterocycles. The highest BCUT2D eigenvalue weighted by molar-refractivity contribution is 5.97. The zero-order chi connectivity index (χ0) is 22.7. The van der Waals surface area contributed by atoms with Crippen LogP contribution >= 0.6 is 0 Å². The minimum absolute atomic E-state index is 0.0572. The molecule has 2 aliphatic rings. The Kier molecular flexibility index (Phi) is 6.39. The van der Waals surface area contributed by atoms with E-state index in [1.807, 2.05) is 24.3 Å². The van der Waals surface area contributed by atoms with Crippen molar-refractivity contribution in [2.45, 2.75) is 31.9 Å². The van der Waals surface area contributed by atoms with Gasteiger partial charge in [-0.2, -0.15) is 13.2 Å². The van der Waals surface area contributed by atoms with Gasteiger partial charge in [-0.25, -0.2) is 0 Å². The predicted molar refractivity (Wildman–Crippen MR) is 117 cm³/mol. The van der Waals surface area contributed by atoms with Gasteiger partial charge in [-0.15, -0.1) is 0 Å². The maximum absolute atomic E-state index is 12.9. The summed E-state index contributed by atoms with van der Waals surface area (Å²) >= 11 is 0. The standard InChI is InChI=1S/C24H26F3N3O2/c25-24(26,27)19-9-7-18(8-10-19)23(32)30-15-11-17(12-16-30)22(31)28-20-5-1-2-6-21(20)29-13-3-4-14-29/h1-2,5-10,17H,3-4,11-16H2,(H,28,31). The van der Waals surface area contributed by atoms with Crippen LogP contribution in [0.1, 0.15) is 41.6 Å². The lowest BCUT2D eigenvalue weighted by Gasteiger charge is -2.32. The summed E-state index contributed by atoms with van der Waals surface area (Å²) in [6, 6.07) is 12.1. The lowest BCUT2D eigenvalue weighted by molar-refractivity contribution is -0.137.